The summed E-state index contributed by atoms with van der Waals surface area (Å²) in [4.78, 5) is 29.5. The van der Waals surface area contributed by atoms with E-state index in [1.165, 1.54) is 0 Å². The van der Waals surface area contributed by atoms with Crippen LogP contribution in [0.5, 0.6) is 0 Å². The molecule has 1 aromatic carbocycles. The predicted octanol–water partition coefficient (Wildman–Crippen LogP) is 0.373. The van der Waals surface area contributed by atoms with Crippen LogP contribution in [-0.2, 0) is 4.84 Å². The third-order valence-corrected chi connectivity index (χ3v) is 2.64. The third kappa shape index (κ3) is 3.21. The van der Waals surface area contributed by atoms with E-state index in [9.17, 15) is 9.59 Å². The smallest absolute Gasteiger partial charge is 0.334 e. The van der Waals surface area contributed by atoms with Gasteiger partial charge in [0.05, 0.1) is 5.56 Å². The highest BCUT2D eigenvalue weighted by Gasteiger charge is 2.17. The molecule has 1 aliphatic heterocycles. The Morgan fingerprint density at radius 3 is 2.50 bits per heavy atom. The van der Waals surface area contributed by atoms with Crippen molar-refractivity contribution in [1.29, 1.82) is 0 Å². The van der Waals surface area contributed by atoms with Gasteiger partial charge in [0.2, 0.25) is 0 Å². The number of carbonyl (C=O) groups is 2. The van der Waals surface area contributed by atoms with E-state index in [1.54, 1.807) is 35.2 Å². The molecule has 0 radical (unpaired) electrons. The van der Waals surface area contributed by atoms with Gasteiger partial charge in [-0.05, 0) is 12.1 Å². The summed E-state index contributed by atoms with van der Waals surface area (Å²) in [6, 6.07) is 8.12. The summed E-state index contributed by atoms with van der Waals surface area (Å²) in [7, 11) is 0. The summed E-state index contributed by atoms with van der Waals surface area (Å²) in [5, 5.41) is 3.13. The van der Waals surface area contributed by atoms with E-state index >= 15 is 0 Å². The molecule has 0 spiro atoms. The lowest BCUT2D eigenvalue weighted by Crippen LogP contribution is -2.50. The van der Waals surface area contributed by atoms with Gasteiger partial charge in [-0.1, -0.05) is 18.2 Å². The van der Waals surface area contributed by atoms with Crippen LogP contribution in [0.4, 0.5) is 4.79 Å². The number of piperazine rings is 1. The van der Waals surface area contributed by atoms with E-state index in [-0.39, 0.29) is 6.03 Å². The second-order valence-corrected chi connectivity index (χ2v) is 3.90. The van der Waals surface area contributed by atoms with Crippen molar-refractivity contribution in [1.82, 2.24) is 15.7 Å². The molecule has 1 heterocycles. The minimum Gasteiger partial charge on any atom is -0.334 e. The van der Waals surface area contributed by atoms with Gasteiger partial charge in [-0.15, -0.1) is 0 Å². The molecular formula is C12H15N3O3. The lowest BCUT2D eigenvalue weighted by Gasteiger charge is -2.26. The summed E-state index contributed by atoms with van der Waals surface area (Å²) in [5.74, 6) is -0.570. The number of amides is 2. The maximum absolute atomic E-state index is 11.6. The van der Waals surface area contributed by atoms with Crippen molar-refractivity contribution >= 4 is 12.0 Å². The summed E-state index contributed by atoms with van der Waals surface area (Å²) in [5.41, 5.74) is 2.56. The van der Waals surface area contributed by atoms with Gasteiger partial charge in [-0.25, -0.2) is 9.59 Å². The minimum absolute atomic E-state index is 0.388. The molecular weight excluding hydrogens is 234 g/mol. The van der Waals surface area contributed by atoms with E-state index in [2.05, 4.69) is 10.8 Å². The summed E-state index contributed by atoms with van der Waals surface area (Å²) >= 11 is 0. The van der Waals surface area contributed by atoms with Gasteiger partial charge in [0, 0.05) is 26.2 Å². The van der Waals surface area contributed by atoms with Crippen LogP contribution >= 0.6 is 0 Å². The van der Waals surface area contributed by atoms with Crippen LogP contribution in [0.25, 0.3) is 0 Å². The number of hydrogen-bond donors (Lipinski definition) is 2. The van der Waals surface area contributed by atoms with Crippen molar-refractivity contribution in [2.24, 2.45) is 0 Å². The lowest BCUT2D eigenvalue weighted by molar-refractivity contribution is 0.0281. The van der Waals surface area contributed by atoms with Crippen molar-refractivity contribution in [3.8, 4) is 0 Å². The summed E-state index contributed by atoms with van der Waals surface area (Å²) in [6.07, 6.45) is 0. The van der Waals surface area contributed by atoms with Gasteiger partial charge in [-0.3, -0.25) is 0 Å². The van der Waals surface area contributed by atoms with E-state index in [1.807, 2.05) is 0 Å². The molecule has 2 amide bonds. The normalized spacial score (nSPS) is 15.0. The molecule has 2 N–H and O–H groups in total. The molecule has 0 atom stereocenters. The molecule has 18 heavy (non-hydrogen) atoms. The van der Waals surface area contributed by atoms with Crippen LogP contribution in [0.2, 0.25) is 0 Å². The minimum atomic E-state index is -0.570. The fraction of sp³-hybridized carbons (Fsp3) is 0.333. The maximum atomic E-state index is 11.6. The largest absolute Gasteiger partial charge is 0.363 e. The molecule has 96 valence electrons. The Balaban J connectivity index is 1.80. The Kier molecular flexibility index (Phi) is 4.14. The number of nitrogens with zero attached hydrogens (tertiary/aromatic N) is 1. The molecule has 0 aromatic heterocycles. The van der Waals surface area contributed by atoms with Crippen molar-refractivity contribution in [3.63, 3.8) is 0 Å². The van der Waals surface area contributed by atoms with E-state index in [0.29, 0.717) is 18.7 Å². The van der Waals surface area contributed by atoms with Crippen LogP contribution in [0.1, 0.15) is 10.4 Å². The number of nitrogens with one attached hydrogen (secondary N) is 2. The first-order valence-electron chi connectivity index (χ1n) is 5.79. The van der Waals surface area contributed by atoms with Gasteiger partial charge in [0.15, 0.2) is 0 Å². The average Bonchev–Trinajstić information content (AvgIpc) is 2.46. The highest BCUT2D eigenvalue weighted by molar-refractivity contribution is 5.90. The molecule has 0 saturated carbocycles. The van der Waals surface area contributed by atoms with Gasteiger partial charge in [-0.2, -0.15) is 5.48 Å². The Morgan fingerprint density at radius 2 is 1.83 bits per heavy atom. The summed E-state index contributed by atoms with van der Waals surface area (Å²) < 4.78 is 0. The zero-order valence-corrected chi connectivity index (χ0v) is 9.89. The van der Waals surface area contributed by atoms with Crippen molar-refractivity contribution in [2.75, 3.05) is 26.2 Å². The van der Waals surface area contributed by atoms with Crippen LogP contribution < -0.4 is 10.8 Å². The molecule has 6 nitrogen and oxygen atoms in total. The molecule has 1 aliphatic rings. The highest BCUT2D eigenvalue weighted by atomic mass is 16.7. The second-order valence-electron chi connectivity index (χ2n) is 3.90. The van der Waals surface area contributed by atoms with Crippen LogP contribution in [-0.4, -0.2) is 43.1 Å². The van der Waals surface area contributed by atoms with Gasteiger partial charge in [0.25, 0.3) is 0 Å². The molecule has 0 aliphatic carbocycles. The van der Waals surface area contributed by atoms with Crippen molar-refractivity contribution < 1.29 is 14.4 Å². The highest BCUT2D eigenvalue weighted by Crippen LogP contribution is 2.00. The number of carbonyl (C=O) groups excluding carboxylic acids is 2. The summed E-state index contributed by atoms with van der Waals surface area (Å²) in [6.45, 7) is 2.71. The van der Waals surface area contributed by atoms with Crippen LogP contribution in [0.3, 0.4) is 0 Å². The van der Waals surface area contributed by atoms with Gasteiger partial charge < -0.3 is 15.1 Å². The fourth-order valence-corrected chi connectivity index (χ4v) is 1.66. The predicted molar refractivity (Wildman–Crippen MR) is 64.8 cm³/mol. The Hall–Kier alpha value is -2.08. The first-order chi connectivity index (χ1) is 8.77. The van der Waals surface area contributed by atoms with E-state index in [0.717, 1.165) is 13.1 Å². The quantitative estimate of drug-likeness (QED) is 0.706. The Morgan fingerprint density at radius 1 is 1.17 bits per heavy atom. The fourth-order valence-electron chi connectivity index (χ4n) is 1.66. The number of hydroxylamine groups is 1. The van der Waals surface area contributed by atoms with Crippen LogP contribution in [0, 0.1) is 0 Å². The van der Waals surface area contributed by atoms with E-state index in [4.69, 9.17) is 4.84 Å². The van der Waals surface area contributed by atoms with Crippen molar-refractivity contribution in [2.45, 2.75) is 0 Å². The molecule has 0 unspecified atom stereocenters. The first kappa shape index (κ1) is 12.4. The maximum Gasteiger partial charge on any atom is 0.363 e. The van der Waals surface area contributed by atoms with Gasteiger partial charge in [0.1, 0.15) is 0 Å². The zero-order chi connectivity index (χ0) is 12.8. The standard InChI is InChI=1S/C12H15N3O3/c16-11(10-4-2-1-3-5-10)18-14-12(17)15-8-6-13-7-9-15/h1-5,13H,6-9H2,(H,14,17). The molecule has 6 heteroatoms. The molecule has 1 aromatic rings. The molecule has 2 rings (SSSR count). The number of benzene rings is 1. The monoisotopic (exact) mass is 249 g/mol. The van der Waals surface area contributed by atoms with E-state index < -0.39 is 5.97 Å². The third-order valence-electron chi connectivity index (χ3n) is 2.64. The Labute approximate surface area is 105 Å². The zero-order valence-electron chi connectivity index (χ0n) is 9.89. The molecule has 0 bridgehead atoms. The Bertz CT molecular complexity index is 416. The van der Waals surface area contributed by atoms with Gasteiger partial charge >= 0.3 is 12.0 Å². The topological polar surface area (TPSA) is 70.7 Å². The average molecular weight is 249 g/mol. The van der Waals surface area contributed by atoms with Crippen molar-refractivity contribution in [3.05, 3.63) is 35.9 Å². The molecule has 1 fully saturated rings. The number of hydrogen-bond acceptors (Lipinski definition) is 4. The lowest BCUT2D eigenvalue weighted by atomic mass is 10.2. The second kappa shape index (κ2) is 6.02. The van der Waals surface area contributed by atoms with Crippen LogP contribution in [0.15, 0.2) is 30.3 Å². The first-order valence-corrected chi connectivity index (χ1v) is 5.79. The number of urea groups is 1. The number of rotatable bonds is 1. The SMILES string of the molecule is O=C(ONC(=O)N1CCNCC1)c1ccccc1. The molecule has 1 saturated heterocycles.